The van der Waals surface area contributed by atoms with Crippen LogP contribution >= 0.6 is 0 Å². The zero-order chi connectivity index (χ0) is 19.1. The molecule has 0 amide bonds. The van der Waals surface area contributed by atoms with Crippen molar-refractivity contribution < 1.29 is 4.74 Å². The Hall–Kier alpha value is -2.77. The van der Waals surface area contributed by atoms with Gasteiger partial charge in [0, 0.05) is 16.6 Å². The van der Waals surface area contributed by atoms with E-state index in [-0.39, 0.29) is 0 Å². The number of hydrogen-bond donors (Lipinski definition) is 2. The van der Waals surface area contributed by atoms with Crippen molar-refractivity contribution in [1.29, 1.82) is 5.26 Å². The van der Waals surface area contributed by atoms with Crippen LogP contribution in [0.25, 0.3) is 22.2 Å². The third-order valence-corrected chi connectivity index (χ3v) is 4.83. The number of aromatic amines is 1. The summed E-state index contributed by atoms with van der Waals surface area (Å²) >= 11 is 0. The van der Waals surface area contributed by atoms with Gasteiger partial charge < -0.3 is 15.5 Å². The SMILES string of the molecule is CCCCOc1ccc(-c2[nH]c3ccc(C#N)cc3c2CCCCN)cc1. The molecule has 27 heavy (non-hydrogen) atoms. The van der Waals surface area contributed by atoms with Gasteiger partial charge in [0.2, 0.25) is 0 Å². The Balaban J connectivity index is 1.94. The summed E-state index contributed by atoms with van der Waals surface area (Å²) in [5.74, 6) is 0.903. The standard InChI is InChI=1S/C23H27N3O/c1-2-3-14-27-19-10-8-18(9-11-19)23-20(6-4-5-13-24)21-15-17(16-25)7-12-22(21)26-23/h7-12,15,26H,2-6,13-14,24H2,1H3. The Morgan fingerprint density at radius 1 is 1.07 bits per heavy atom. The zero-order valence-corrected chi connectivity index (χ0v) is 15.9. The molecule has 3 N–H and O–H groups in total. The average molecular weight is 361 g/mol. The van der Waals surface area contributed by atoms with Crippen molar-refractivity contribution >= 4 is 10.9 Å². The van der Waals surface area contributed by atoms with Crippen LogP contribution in [-0.4, -0.2) is 18.1 Å². The van der Waals surface area contributed by atoms with E-state index in [0.717, 1.165) is 66.6 Å². The number of ether oxygens (including phenoxy) is 1. The van der Waals surface area contributed by atoms with E-state index in [1.165, 1.54) is 5.56 Å². The molecule has 3 aromatic rings. The number of fused-ring (bicyclic) bond motifs is 1. The van der Waals surface area contributed by atoms with Gasteiger partial charge in [0.05, 0.1) is 18.2 Å². The first-order valence-corrected chi connectivity index (χ1v) is 9.74. The number of unbranched alkanes of at least 4 members (excludes halogenated alkanes) is 2. The highest BCUT2D eigenvalue weighted by molar-refractivity contribution is 5.91. The topological polar surface area (TPSA) is 74.8 Å². The van der Waals surface area contributed by atoms with E-state index in [9.17, 15) is 5.26 Å². The van der Waals surface area contributed by atoms with E-state index in [4.69, 9.17) is 10.5 Å². The lowest BCUT2D eigenvalue weighted by molar-refractivity contribution is 0.309. The Labute approximate surface area is 161 Å². The van der Waals surface area contributed by atoms with Gasteiger partial charge in [-0.25, -0.2) is 0 Å². The third kappa shape index (κ3) is 4.50. The number of nitrogens with one attached hydrogen (secondary N) is 1. The van der Waals surface area contributed by atoms with Crippen LogP contribution in [0.3, 0.4) is 0 Å². The zero-order valence-electron chi connectivity index (χ0n) is 15.9. The van der Waals surface area contributed by atoms with E-state index < -0.39 is 0 Å². The van der Waals surface area contributed by atoms with Crippen molar-refractivity contribution in [2.45, 2.75) is 39.0 Å². The largest absolute Gasteiger partial charge is 0.494 e. The number of H-pyrrole nitrogens is 1. The maximum atomic E-state index is 9.25. The Kier molecular flexibility index (Phi) is 6.51. The molecule has 0 saturated carbocycles. The minimum absolute atomic E-state index is 0.688. The van der Waals surface area contributed by atoms with E-state index in [1.807, 2.05) is 30.3 Å². The molecule has 0 saturated heterocycles. The number of benzene rings is 2. The second kappa shape index (κ2) is 9.25. The minimum Gasteiger partial charge on any atom is -0.494 e. The van der Waals surface area contributed by atoms with Gasteiger partial charge in [-0.05, 0) is 85.8 Å². The van der Waals surface area contributed by atoms with Gasteiger partial charge in [-0.15, -0.1) is 0 Å². The van der Waals surface area contributed by atoms with Crippen LogP contribution in [0.4, 0.5) is 0 Å². The van der Waals surface area contributed by atoms with Crippen LogP contribution in [-0.2, 0) is 6.42 Å². The predicted molar refractivity (Wildman–Crippen MR) is 111 cm³/mol. The fourth-order valence-electron chi connectivity index (χ4n) is 3.32. The van der Waals surface area contributed by atoms with Gasteiger partial charge >= 0.3 is 0 Å². The molecule has 0 fully saturated rings. The summed E-state index contributed by atoms with van der Waals surface area (Å²) in [5.41, 5.74) is 10.9. The number of rotatable bonds is 9. The van der Waals surface area contributed by atoms with Crippen molar-refractivity contribution in [2.24, 2.45) is 5.73 Å². The second-order valence-corrected chi connectivity index (χ2v) is 6.82. The molecule has 2 aromatic carbocycles. The summed E-state index contributed by atoms with van der Waals surface area (Å²) in [6.45, 7) is 3.61. The van der Waals surface area contributed by atoms with Gasteiger partial charge in [0.1, 0.15) is 5.75 Å². The molecular formula is C23H27N3O. The molecule has 0 atom stereocenters. The van der Waals surface area contributed by atoms with Crippen LogP contribution in [0.1, 0.15) is 43.7 Å². The normalized spacial score (nSPS) is 10.9. The summed E-state index contributed by atoms with van der Waals surface area (Å²) in [4.78, 5) is 3.55. The highest BCUT2D eigenvalue weighted by Gasteiger charge is 2.14. The van der Waals surface area contributed by atoms with Crippen molar-refractivity contribution in [3.8, 4) is 23.1 Å². The van der Waals surface area contributed by atoms with E-state index in [0.29, 0.717) is 12.1 Å². The molecule has 1 heterocycles. The maximum absolute atomic E-state index is 9.25. The number of nitriles is 1. The predicted octanol–water partition coefficient (Wildman–Crippen LogP) is 5.17. The molecule has 4 nitrogen and oxygen atoms in total. The minimum atomic E-state index is 0.688. The molecule has 0 aliphatic carbocycles. The van der Waals surface area contributed by atoms with Gasteiger partial charge in [0.15, 0.2) is 0 Å². The first-order valence-electron chi connectivity index (χ1n) is 9.74. The summed E-state index contributed by atoms with van der Waals surface area (Å²) in [6, 6.07) is 16.3. The van der Waals surface area contributed by atoms with Crippen molar-refractivity contribution in [3.05, 3.63) is 53.6 Å². The lowest BCUT2D eigenvalue weighted by atomic mass is 9.99. The summed E-state index contributed by atoms with van der Waals surface area (Å²) in [6.07, 6.45) is 5.16. The fourth-order valence-corrected chi connectivity index (χ4v) is 3.32. The fraction of sp³-hybridized carbons (Fsp3) is 0.348. The third-order valence-electron chi connectivity index (χ3n) is 4.83. The van der Waals surface area contributed by atoms with Gasteiger partial charge in [-0.1, -0.05) is 13.3 Å². The molecule has 0 aliphatic heterocycles. The quantitative estimate of drug-likeness (QED) is 0.516. The summed E-state index contributed by atoms with van der Waals surface area (Å²) in [5, 5.41) is 10.4. The van der Waals surface area contributed by atoms with Gasteiger partial charge in [0.25, 0.3) is 0 Å². The highest BCUT2D eigenvalue weighted by atomic mass is 16.5. The first kappa shape index (κ1) is 19.0. The molecule has 140 valence electrons. The Morgan fingerprint density at radius 2 is 1.89 bits per heavy atom. The lowest BCUT2D eigenvalue weighted by Crippen LogP contribution is -1.99. The van der Waals surface area contributed by atoms with E-state index in [1.54, 1.807) is 0 Å². The van der Waals surface area contributed by atoms with Crippen molar-refractivity contribution in [2.75, 3.05) is 13.2 Å². The van der Waals surface area contributed by atoms with E-state index >= 15 is 0 Å². The van der Waals surface area contributed by atoms with Crippen LogP contribution in [0.15, 0.2) is 42.5 Å². The maximum Gasteiger partial charge on any atom is 0.119 e. The lowest BCUT2D eigenvalue weighted by Gasteiger charge is -2.08. The number of aromatic nitrogens is 1. The van der Waals surface area contributed by atoms with E-state index in [2.05, 4.69) is 30.1 Å². The highest BCUT2D eigenvalue weighted by Crippen LogP contribution is 2.33. The Bertz CT molecular complexity index is 919. The molecule has 4 heteroatoms. The molecule has 0 aliphatic rings. The smallest absolute Gasteiger partial charge is 0.119 e. The number of nitrogens with zero attached hydrogens (tertiary/aromatic N) is 1. The Morgan fingerprint density at radius 3 is 2.59 bits per heavy atom. The molecule has 0 radical (unpaired) electrons. The molecule has 1 aromatic heterocycles. The molecular weight excluding hydrogens is 334 g/mol. The number of hydrogen-bond acceptors (Lipinski definition) is 3. The van der Waals surface area contributed by atoms with Crippen molar-refractivity contribution in [1.82, 2.24) is 4.98 Å². The van der Waals surface area contributed by atoms with Gasteiger partial charge in [-0.2, -0.15) is 5.26 Å². The van der Waals surface area contributed by atoms with Crippen LogP contribution < -0.4 is 10.5 Å². The van der Waals surface area contributed by atoms with Crippen LogP contribution in [0, 0.1) is 11.3 Å². The van der Waals surface area contributed by atoms with Gasteiger partial charge in [-0.3, -0.25) is 0 Å². The molecule has 0 unspecified atom stereocenters. The molecule has 0 spiro atoms. The average Bonchev–Trinajstić information content (AvgIpc) is 3.06. The second-order valence-electron chi connectivity index (χ2n) is 6.82. The monoisotopic (exact) mass is 361 g/mol. The summed E-state index contributed by atoms with van der Waals surface area (Å²) in [7, 11) is 0. The molecule has 3 rings (SSSR count). The van der Waals surface area contributed by atoms with Crippen LogP contribution in [0.5, 0.6) is 5.75 Å². The van der Waals surface area contributed by atoms with Crippen molar-refractivity contribution in [3.63, 3.8) is 0 Å². The number of nitrogens with two attached hydrogens (primary N) is 1. The molecule has 0 bridgehead atoms. The first-order chi connectivity index (χ1) is 13.3. The summed E-state index contributed by atoms with van der Waals surface area (Å²) < 4.78 is 5.78. The van der Waals surface area contributed by atoms with Crippen LogP contribution in [0.2, 0.25) is 0 Å². The number of aryl methyl sites for hydroxylation is 1.